The Morgan fingerprint density at radius 3 is 2.17 bits per heavy atom. The molecule has 1 atom stereocenters. The lowest BCUT2D eigenvalue weighted by Crippen LogP contribution is -2.52. The standard InChI is InChI=1S/C13H25N3O2/c1-9(2)12(14)13(18)16-7-5-11(6-8-16)15(4)10(3)17/h9,11-12H,5-8,14H2,1-4H3/t12-/m0/s1. The van der Waals surface area contributed by atoms with E-state index in [2.05, 4.69) is 0 Å². The van der Waals surface area contributed by atoms with Gasteiger partial charge < -0.3 is 15.5 Å². The molecule has 1 aliphatic rings. The summed E-state index contributed by atoms with van der Waals surface area (Å²) >= 11 is 0. The van der Waals surface area contributed by atoms with Crippen molar-refractivity contribution in [3.63, 3.8) is 0 Å². The average Bonchev–Trinajstić information content (AvgIpc) is 2.36. The van der Waals surface area contributed by atoms with Crippen LogP contribution in [0.2, 0.25) is 0 Å². The smallest absolute Gasteiger partial charge is 0.239 e. The molecule has 1 saturated heterocycles. The Kier molecular flexibility index (Phi) is 5.14. The van der Waals surface area contributed by atoms with E-state index in [-0.39, 0.29) is 23.8 Å². The Labute approximate surface area is 109 Å². The molecule has 0 unspecified atom stereocenters. The normalized spacial score (nSPS) is 18.9. The van der Waals surface area contributed by atoms with Gasteiger partial charge in [-0.25, -0.2) is 0 Å². The second-order valence-corrected chi connectivity index (χ2v) is 5.46. The van der Waals surface area contributed by atoms with Gasteiger partial charge in [0.2, 0.25) is 11.8 Å². The van der Waals surface area contributed by atoms with Crippen LogP contribution in [-0.2, 0) is 9.59 Å². The number of carbonyl (C=O) groups is 2. The minimum atomic E-state index is -0.410. The fourth-order valence-corrected chi connectivity index (χ4v) is 2.23. The van der Waals surface area contributed by atoms with E-state index in [4.69, 9.17) is 5.73 Å². The Morgan fingerprint density at radius 2 is 1.78 bits per heavy atom. The monoisotopic (exact) mass is 255 g/mol. The van der Waals surface area contributed by atoms with Crippen molar-refractivity contribution in [1.82, 2.24) is 9.80 Å². The highest BCUT2D eigenvalue weighted by Gasteiger charge is 2.29. The quantitative estimate of drug-likeness (QED) is 0.795. The van der Waals surface area contributed by atoms with Crippen LogP contribution in [0.15, 0.2) is 0 Å². The van der Waals surface area contributed by atoms with E-state index < -0.39 is 6.04 Å². The maximum absolute atomic E-state index is 12.1. The summed E-state index contributed by atoms with van der Waals surface area (Å²) in [5.74, 6) is 0.280. The zero-order valence-electron chi connectivity index (χ0n) is 11.8. The fraction of sp³-hybridized carbons (Fsp3) is 0.846. The lowest BCUT2D eigenvalue weighted by Gasteiger charge is -2.37. The second-order valence-electron chi connectivity index (χ2n) is 5.46. The van der Waals surface area contributed by atoms with Crippen molar-refractivity contribution in [1.29, 1.82) is 0 Å². The summed E-state index contributed by atoms with van der Waals surface area (Å²) in [7, 11) is 1.82. The van der Waals surface area contributed by atoms with Crippen LogP contribution in [0.4, 0.5) is 0 Å². The second kappa shape index (κ2) is 6.18. The summed E-state index contributed by atoms with van der Waals surface area (Å²) in [4.78, 5) is 26.9. The molecule has 1 fully saturated rings. The van der Waals surface area contributed by atoms with Gasteiger partial charge in [-0.2, -0.15) is 0 Å². The molecule has 0 spiro atoms. The summed E-state index contributed by atoms with van der Waals surface area (Å²) < 4.78 is 0. The number of hydrogen-bond acceptors (Lipinski definition) is 3. The molecule has 1 rings (SSSR count). The van der Waals surface area contributed by atoms with Crippen molar-refractivity contribution in [2.45, 2.75) is 45.7 Å². The zero-order valence-corrected chi connectivity index (χ0v) is 11.8. The van der Waals surface area contributed by atoms with Crippen LogP contribution in [-0.4, -0.2) is 53.8 Å². The predicted octanol–water partition coefficient (Wildman–Crippen LogP) is 0.439. The van der Waals surface area contributed by atoms with Gasteiger partial charge in [0.1, 0.15) is 0 Å². The molecule has 5 heteroatoms. The van der Waals surface area contributed by atoms with Gasteiger partial charge >= 0.3 is 0 Å². The molecule has 0 aromatic heterocycles. The van der Waals surface area contributed by atoms with Crippen molar-refractivity contribution < 1.29 is 9.59 Å². The summed E-state index contributed by atoms with van der Waals surface area (Å²) in [6.07, 6.45) is 1.68. The third kappa shape index (κ3) is 3.45. The first-order valence-electron chi connectivity index (χ1n) is 6.62. The number of nitrogens with zero attached hydrogens (tertiary/aromatic N) is 2. The van der Waals surface area contributed by atoms with E-state index in [9.17, 15) is 9.59 Å². The summed E-state index contributed by atoms with van der Waals surface area (Å²) in [6.45, 7) is 6.88. The van der Waals surface area contributed by atoms with Gasteiger partial charge in [-0.1, -0.05) is 13.8 Å². The predicted molar refractivity (Wildman–Crippen MR) is 70.9 cm³/mol. The Morgan fingerprint density at radius 1 is 1.28 bits per heavy atom. The average molecular weight is 255 g/mol. The van der Waals surface area contributed by atoms with Crippen molar-refractivity contribution in [2.24, 2.45) is 11.7 Å². The topological polar surface area (TPSA) is 66.6 Å². The van der Waals surface area contributed by atoms with E-state index in [1.54, 1.807) is 11.8 Å². The summed E-state index contributed by atoms with van der Waals surface area (Å²) in [6, 6.07) is -0.158. The molecule has 1 aliphatic heterocycles. The third-order valence-corrected chi connectivity index (χ3v) is 3.82. The van der Waals surface area contributed by atoms with Crippen LogP contribution < -0.4 is 5.73 Å². The van der Waals surface area contributed by atoms with Crippen LogP contribution in [0.1, 0.15) is 33.6 Å². The number of hydrogen-bond donors (Lipinski definition) is 1. The molecule has 0 bridgehead atoms. The van der Waals surface area contributed by atoms with E-state index in [0.717, 1.165) is 12.8 Å². The highest BCUT2D eigenvalue weighted by atomic mass is 16.2. The number of rotatable bonds is 3. The number of nitrogens with two attached hydrogens (primary N) is 1. The van der Waals surface area contributed by atoms with Gasteiger partial charge in [0.05, 0.1) is 6.04 Å². The molecule has 18 heavy (non-hydrogen) atoms. The largest absolute Gasteiger partial charge is 0.343 e. The molecule has 0 saturated carbocycles. The van der Waals surface area contributed by atoms with E-state index >= 15 is 0 Å². The molecule has 0 aromatic carbocycles. The van der Waals surface area contributed by atoms with Crippen molar-refractivity contribution in [2.75, 3.05) is 20.1 Å². The first-order chi connectivity index (χ1) is 8.34. The van der Waals surface area contributed by atoms with Gasteiger partial charge in [0, 0.05) is 33.1 Å². The van der Waals surface area contributed by atoms with Crippen LogP contribution in [0.5, 0.6) is 0 Å². The van der Waals surface area contributed by atoms with Gasteiger partial charge in [0.15, 0.2) is 0 Å². The third-order valence-electron chi connectivity index (χ3n) is 3.82. The molecule has 5 nitrogen and oxygen atoms in total. The van der Waals surface area contributed by atoms with Crippen LogP contribution >= 0.6 is 0 Å². The van der Waals surface area contributed by atoms with Gasteiger partial charge in [-0.15, -0.1) is 0 Å². The van der Waals surface area contributed by atoms with Crippen LogP contribution in [0, 0.1) is 5.92 Å². The van der Waals surface area contributed by atoms with E-state index in [1.807, 2.05) is 25.8 Å². The molecular weight excluding hydrogens is 230 g/mol. The van der Waals surface area contributed by atoms with Crippen molar-refractivity contribution in [3.05, 3.63) is 0 Å². The lowest BCUT2D eigenvalue weighted by atomic mass is 9.99. The number of piperidine rings is 1. The minimum absolute atomic E-state index is 0.0360. The minimum Gasteiger partial charge on any atom is -0.343 e. The molecule has 104 valence electrons. The summed E-state index contributed by atoms with van der Waals surface area (Å²) in [5.41, 5.74) is 5.88. The number of carbonyl (C=O) groups excluding carboxylic acids is 2. The molecule has 2 N–H and O–H groups in total. The fourth-order valence-electron chi connectivity index (χ4n) is 2.23. The molecule has 0 aliphatic carbocycles. The lowest BCUT2D eigenvalue weighted by molar-refractivity contribution is -0.136. The van der Waals surface area contributed by atoms with Gasteiger partial charge in [-0.3, -0.25) is 9.59 Å². The maximum Gasteiger partial charge on any atom is 0.239 e. The number of amides is 2. The SMILES string of the molecule is CC(=O)N(C)C1CCN(C(=O)[C@@H](N)C(C)C)CC1. The van der Waals surface area contributed by atoms with Gasteiger partial charge in [-0.05, 0) is 18.8 Å². The Balaban J connectivity index is 2.49. The maximum atomic E-state index is 12.1. The summed E-state index contributed by atoms with van der Waals surface area (Å²) in [5, 5.41) is 0. The van der Waals surface area contributed by atoms with Gasteiger partial charge in [0.25, 0.3) is 0 Å². The van der Waals surface area contributed by atoms with E-state index in [1.165, 1.54) is 0 Å². The van der Waals surface area contributed by atoms with Crippen LogP contribution in [0.25, 0.3) is 0 Å². The highest BCUT2D eigenvalue weighted by molar-refractivity contribution is 5.82. The Hall–Kier alpha value is -1.10. The molecule has 0 aromatic rings. The zero-order chi connectivity index (χ0) is 13.9. The molecule has 1 heterocycles. The Bertz CT molecular complexity index is 309. The molecule has 0 radical (unpaired) electrons. The highest BCUT2D eigenvalue weighted by Crippen LogP contribution is 2.17. The molecule has 2 amide bonds. The number of likely N-dealkylation sites (tertiary alicyclic amines) is 1. The van der Waals surface area contributed by atoms with Crippen molar-refractivity contribution >= 4 is 11.8 Å². The van der Waals surface area contributed by atoms with Crippen LogP contribution in [0.3, 0.4) is 0 Å². The van der Waals surface area contributed by atoms with E-state index in [0.29, 0.717) is 13.1 Å². The first kappa shape index (κ1) is 15.0. The first-order valence-corrected chi connectivity index (χ1v) is 6.62. The molecular formula is C13H25N3O2. The van der Waals surface area contributed by atoms with Crippen molar-refractivity contribution in [3.8, 4) is 0 Å².